The van der Waals surface area contributed by atoms with Gasteiger partial charge in [0.2, 0.25) is 11.8 Å². The zero-order chi connectivity index (χ0) is 92.6. The summed E-state index contributed by atoms with van der Waals surface area (Å²) in [6.45, 7) is -1.13. The fourth-order valence-corrected chi connectivity index (χ4v) is 19.0. The smallest absolute Gasteiger partial charge is 0.474 e. The second kappa shape index (κ2) is 44.0. The number of aliphatic hydroxyl groups excluding tert-OH is 2. The van der Waals surface area contributed by atoms with Gasteiger partial charge in [0.1, 0.15) is 61.0 Å². The zero-order valence-electron chi connectivity index (χ0n) is 70.5. The van der Waals surface area contributed by atoms with Crippen LogP contribution in [0.25, 0.3) is 44.3 Å². The monoisotopic (exact) mass is 1870 g/mol. The highest BCUT2D eigenvalue weighted by Crippen LogP contribution is 2.53. The summed E-state index contributed by atoms with van der Waals surface area (Å²) in [5.74, 6) is -3.15. The Bertz CT molecular complexity index is 5820. The van der Waals surface area contributed by atoms with Crippen LogP contribution in [0, 0.1) is 10.1 Å². The number of nitro groups is 1. The van der Waals surface area contributed by atoms with Gasteiger partial charge in [0.25, 0.3) is 23.4 Å². The number of non-ortho nitro benzene ring substituents is 1. The number of carbonyl (C=O) groups is 6. The first-order chi connectivity index (χ1) is 62.3. The van der Waals surface area contributed by atoms with Crippen molar-refractivity contribution in [2.24, 2.45) is 10.2 Å². The fourth-order valence-electron chi connectivity index (χ4n) is 15.9. The van der Waals surface area contributed by atoms with Crippen LogP contribution in [0.3, 0.4) is 0 Å². The Balaban J connectivity index is 0.587. The molecule has 10 atom stereocenters. The molecular formula is C86H97BClN10O29P3. The summed E-state index contributed by atoms with van der Waals surface area (Å²) in [5, 5.41) is 66.2. The lowest BCUT2D eigenvalue weighted by molar-refractivity contribution is -0.384. The van der Waals surface area contributed by atoms with Crippen LogP contribution in [0.4, 0.5) is 28.4 Å². The van der Waals surface area contributed by atoms with Gasteiger partial charge in [-0.05, 0) is 197 Å². The van der Waals surface area contributed by atoms with Gasteiger partial charge in [-0.15, -0.1) is 5.11 Å². The molecular weight excluding hydrogens is 1780 g/mol. The molecule has 0 spiro atoms. The number of hydrogen-bond donors (Lipinski definition) is 10. The number of aromatic amines is 1. The number of aromatic nitrogens is 1. The van der Waals surface area contributed by atoms with Crippen molar-refractivity contribution >= 4 is 129 Å². The number of likely N-dealkylation sites (tertiary alicyclic amines) is 2. The predicted octanol–water partition coefficient (Wildman–Crippen LogP) is 12.2. The highest BCUT2D eigenvalue weighted by Gasteiger charge is 2.47. The van der Waals surface area contributed by atoms with E-state index in [0.717, 1.165) is 45.6 Å². The minimum atomic E-state index is -5.18. The summed E-state index contributed by atoms with van der Waals surface area (Å²) < 4.78 is 97.6. The summed E-state index contributed by atoms with van der Waals surface area (Å²) in [6.07, 6.45) is -1.53. The lowest BCUT2D eigenvalue weighted by atomic mass is 9.89. The van der Waals surface area contributed by atoms with Gasteiger partial charge in [-0.25, -0.2) is 18.5 Å². The molecule has 5 aliphatic heterocycles. The highest BCUT2D eigenvalue weighted by molar-refractivity contribution is 7.48. The van der Waals surface area contributed by atoms with Crippen LogP contribution in [0.2, 0.25) is 5.02 Å². The Kier molecular flexibility index (Phi) is 32.8. The average molecular weight is 1870 g/mol. The van der Waals surface area contributed by atoms with E-state index in [-0.39, 0.29) is 176 Å². The number of amides is 5. The van der Waals surface area contributed by atoms with Crippen molar-refractivity contribution in [2.45, 2.75) is 133 Å². The molecule has 10 unspecified atom stereocenters. The third kappa shape index (κ3) is 25.1. The van der Waals surface area contributed by atoms with Crippen molar-refractivity contribution in [3.05, 3.63) is 193 Å². The van der Waals surface area contributed by atoms with Crippen molar-refractivity contribution in [1.29, 1.82) is 0 Å². The number of benzene rings is 7. The topological polar surface area (TPSA) is 529 Å². The van der Waals surface area contributed by atoms with Gasteiger partial charge in [0.15, 0.2) is 5.43 Å². The number of hydrogen-bond acceptors (Lipinski definition) is 28. The van der Waals surface area contributed by atoms with Crippen LogP contribution >= 0.6 is 35.1 Å². The van der Waals surface area contributed by atoms with Crippen LogP contribution in [0.15, 0.2) is 159 Å². The molecule has 7 aromatic rings. The van der Waals surface area contributed by atoms with Gasteiger partial charge in [0, 0.05) is 139 Å². The van der Waals surface area contributed by atoms with E-state index < -0.39 is 109 Å². The number of nitro benzene ring substituents is 1. The van der Waals surface area contributed by atoms with Gasteiger partial charge in [-0.1, -0.05) is 18.0 Å². The maximum absolute atomic E-state index is 14.7. The number of aromatic carboxylic acids is 1. The molecule has 13 rings (SSSR count). The van der Waals surface area contributed by atoms with Crippen molar-refractivity contribution in [2.75, 3.05) is 102 Å². The Labute approximate surface area is 750 Å². The van der Waals surface area contributed by atoms with E-state index in [1.54, 1.807) is 35.2 Å². The highest BCUT2D eigenvalue weighted by atomic mass is 35.5. The number of phenolic OH excluding ortho intramolecular Hbond substituents is 1. The molecule has 0 bridgehead atoms. The Hall–Kier alpha value is -10.7. The van der Waals surface area contributed by atoms with Gasteiger partial charge >= 0.3 is 29.4 Å². The number of ether oxygens (including phenoxy) is 3. The SMILES string of the molecule is [B]C1CC(OP(=O)(O)OC2CC(CO)N(C(=O)CCCN(C)c3ccc(N=Nc4ccc([N+](=O)[O-])cc4Cl)cc3)C2)C(COP(=O)(O)OCC2CCC(OP(=O)(O)OCCCCCC(=O)N3CCc4c3ccc3[nH]c(C(=O)NCCCCCO)cc43)N2C(=O)c2ccc(OCCOCCNC(=O)c3ccc(C(=O)O)c(-c4c5ccc(=O)cc-5oc5cc(O)ccc45)c3)cc2)O1. The van der Waals surface area contributed by atoms with Crippen molar-refractivity contribution < 1.29 is 128 Å². The number of phenols is 1. The molecule has 39 nitrogen and oxygen atoms in total. The Morgan fingerprint density at radius 1 is 0.708 bits per heavy atom. The summed E-state index contributed by atoms with van der Waals surface area (Å²) in [7, 11) is -7.34. The second-order valence-corrected chi connectivity index (χ2v) is 36.0. The van der Waals surface area contributed by atoms with E-state index in [2.05, 4.69) is 25.8 Å². The molecule has 690 valence electrons. The minimum absolute atomic E-state index is 0.00432. The van der Waals surface area contributed by atoms with E-state index in [9.17, 15) is 87.4 Å². The number of H-pyrrole nitrogens is 1. The molecule has 2 radical (unpaired) electrons. The molecule has 1 aliphatic carbocycles. The number of carboxylic acids is 1. The number of azo groups is 1. The van der Waals surface area contributed by atoms with Crippen LogP contribution in [0.5, 0.6) is 11.5 Å². The summed E-state index contributed by atoms with van der Waals surface area (Å²) >= 11 is 6.15. The summed E-state index contributed by atoms with van der Waals surface area (Å²) in [6, 6.07) is 31.2. The molecule has 6 aromatic carbocycles. The summed E-state index contributed by atoms with van der Waals surface area (Å²) in [5.41, 5.74) is 4.74. The Morgan fingerprint density at radius 2 is 1.47 bits per heavy atom. The number of nitrogens with zero attached hydrogens (tertiary/aromatic N) is 7. The zero-order valence-corrected chi connectivity index (χ0v) is 73.9. The first kappa shape index (κ1) is 96.8. The number of aliphatic hydroxyl groups is 2. The molecule has 3 saturated heterocycles. The van der Waals surface area contributed by atoms with E-state index >= 15 is 0 Å². The Morgan fingerprint density at radius 3 is 2.23 bits per heavy atom. The molecule has 0 saturated carbocycles. The molecule has 1 aromatic heterocycles. The maximum Gasteiger partial charge on any atom is 0.474 e. The van der Waals surface area contributed by atoms with E-state index in [1.807, 2.05) is 24.1 Å². The largest absolute Gasteiger partial charge is 0.508 e. The lowest BCUT2D eigenvalue weighted by Gasteiger charge is -2.31. The molecule has 3 fully saturated rings. The van der Waals surface area contributed by atoms with Crippen LogP contribution < -0.4 is 30.6 Å². The third-order valence-electron chi connectivity index (χ3n) is 22.4. The maximum atomic E-state index is 14.7. The molecule has 6 heterocycles. The number of phosphoric acid groups is 3. The molecule has 10 N–H and O–H groups in total. The van der Waals surface area contributed by atoms with E-state index in [4.69, 9.17) is 70.3 Å². The van der Waals surface area contributed by atoms with Crippen molar-refractivity contribution in [3.8, 4) is 33.9 Å². The van der Waals surface area contributed by atoms with Crippen LogP contribution in [-0.4, -0.2) is 233 Å². The first-order valence-corrected chi connectivity index (χ1v) is 47.0. The van der Waals surface area contributed by atoms with Crippen molar-refractivity contribution in [3.63, 3.8) is 0 Å². The second-order valence-electron chi connectivity index (χ2n) is 31.4. The number of phosphoric ester groups is 3. The fraction of sp³-hybridized carbons (Fsp3) is 0.407. The van der Waals surface area contributed by atoms with Gasteiger partial charge < -0.3 is 89.0 Å². The molecule has 44 heteroatoms. The van der Waals surface area contributed by atoms with Crippen LogP contribution in [0.1, 0.15) is 131 Å². The number of rotatable bonds is 45. The van der Waals surface area contributed by atoms with Crippen molar-refractivity contribution in [1.82, 2.24) is 25.4 Å². The molecule has 6 aliphatic rings. The first-order valence-electron chi connectivity index (χ1n) is 42.1. The standard InChI is InChI=1S/C86H97BClN10O29P3/c1-94(55-16-14-54(15-17-55)92-93-71-27-18-56(98(110)111)43-69(71)88)34-8-10-80(104)96-48-62(42-58(96)49-100)125-130(116,117)126-76-47-78(87)124-77(76)51-122-128(112,113)121-50-57-19-30-81(127-129(114,115)120-37-7-2-4-9-79(103)95-35-31-63-67-46-72(91-70(67)28-29-73(63)95)84(106)89-32-5-3-6-36-99)97(57)85(107)52-11-22-61(23-12-52)119-40-39-118-38-33-90-83(105)53-13-24-64(86(108)109)68(41-53)82-65-25-20-59(101)44-74(65)123-75-45-60(102)21-26-66(75)82/h11-18,20-29,41,43-46,57-58,62,76-78,81,91,99-101H,2-10,19,30-40,42,47-51H2,1H3,(H,89,106)(H,90,105)(H,108,109)(H,112,113)(H,114,115)(H,116,117). The van der Waals surface area contributed by atoms with E-state index in [1.165, 1.54) is 102 Å². The van der Waals surface area contributed by atoms with Gasteiger partial charge in [-0.2, -0.15) is 5.11 Å². The number of carboxylic acid groups (broad SMARTS) is 1. The number of carbonyl (C=O) groups excluding carboxylic acids is 5. The lowest BCUT2D eigenvalue weighted by Crippen LogP contribution is -2.44. The number of fused-ring (bicyclic) bond motifs is 5. The molecule has 5 amide bonds. The van der Waals surface area contributed by atoms with Gasteiger partial charge in [-0.3, -0.25) is 66.0 Å². The summed E-state index contributed by atoms with van der Waals surface area (Å²) in [4.78, 5) is 147. The number of anilines is 2. The normalized spacial score (nSPS) is 19.3. The number of unbranched alkanes of at least 4 members (excludes halogenated alkanes) is 4. The number of aromatic hydroxyl groups is 1. The quantitative estimate of drug-likeness (QED) is 0.00322. The van der Waals surface area contributed by atoms with Crippen LogP contribution in [-0.2, 0) is 66.3 Å². The van der Waals surface area contributed by atoms with Gasteiger partial charge in [0.05, 0.1) is 85.1 Å². The third-order valence-corrected chi connectivity index (χ3v) is 25.7. The molecule has 130 heavy (non-hydrogen) atoms. The number of nitrogens with one attached hydrogen (secondary N) is 3. The van der Waals surface area contributed by atoms with E-state index in [0.29, 0.717) is 79.6 Å². The average Bonchev–Trinajstić information content (AvgIpc) is 1.37. The minimum Gasteiger partial charge on any atom is -0.508 e. The predicted molar refractivity (Wildman–Crippen MR) is 473 cm³/mol. The number of halogens is 1.